The Morgan fingerprint density at radius 1 is 0.929 bits per heavy atom. The molecule has 0 amide bonds. The van der Waals surface area contributed by atoms with Gasteiger partial charge in [-0.15, -0.1) is 0 Å². The lowest BCUT2D eigenvalue weighted by molar-refractivity contribution is -0.394. The molecule has 146 valence electrons. The summed E-state index contributed by atoms with van der Waals surface area (Å²) in [5, 5.41) is 22.0. The van der Waals surface area contributed by atoms with Crippen LogP contribution in [0, 0.1) is 20.2 Å². The molecule has 0 aliphatic rings. The molecule has 28 heavy (non-hydrogen) atoms. The van der Waals surface area contributed by atoms with E-state index in [1.807, 2.05) is 0 Å². The maximum Gasteiger partial charge on any atom is 0.283 e. The summed E-state index contributed by atoms with van der Waals surface area (Å²) in [5.74, 6) is 0.233. The second-order valence-electron chi connectivity index (χ2n) is 5.34. The summed E-state index contributed by atoms with van der Waals surface area (Å²) >= 11 is 0. The normalized spacial score (nSPS) is 10.5. The van der Waals surface area contributed by atoms with Crippen molar-refractivity contribution in [1.29, 1.82) is 0 Å². The van der Waals surface area contributed by atoms with Crippen molar-refractivity contribution in [3.8, 4) is 17.2 Å². The summed E-state index contributed by atoms with van der Waals surface area (Å²) in [5.41, 5.74) is -0.710. The van der Waals surface area contributed by atoms with Gasteiger partial charge in [-0.1, -0.05) is 0 Å². The first-order valence-electron chi connectivity index (χ1n) is 7.78. The second kappa shape index (κ2) is 8.62. The van der Waals surface area contributed by atoms with E-state index in [2.05, 4.69) is 0 Å². The number of carbonyl (C=O) groups excluding carboxylic acids is 1. The van der Waals surface area contributed by atoms with Gasteiger partial charge in [0, 0.05) is 6.07 Å². The molecule has 0 saturated heterocycles. The Morgan fingerprint density at radius 2 is 1.61 bits per heavy atom. The van der Waals surface area contributed by atoms with Gasteiger partial charge in [0.1, 0.15) is 0 Å². The van der Waals surface area contributed by atoms with Gasteiger partial charge in [0.05, 0.1) is 48.4 Å². The first-order chi connectivity index (χ1) is 13.3. The van der Waals surface area contributed by atoms with Gasteiger partial charge in [-0.25, -0.2) is 0 Å². The summed E-state index contributed by atoms with van der Waals surface area (Å²) in [6, 6.07) is 6.15. The Hall–Kier alpha value is -3.95. The van der Waals surface area contributed by atoms with Crippen molar-refractivity contribution in [2.24, 2.45) is 0 Å². The predicted octanol–water partition coefficient (Wildman–Crippen LogP) is 3.42. The third-order valence-electron chi connectivity index (χ3n) is 3.81. The number of non-ortho nitro benzene ring substituents is 1. The summed E-state index contributed by atoms with van der Waals surface area (Å²) in [6.45, 7) is 0. The number of ether oxygens (including phenoxy) is 3. The third-order valence-corrected chi connectivity index (χ3v) is 3.81. The molecule has 0 N–H and O–H groups in total. The number of nitro benzene ring substituents is 2. The van der Waals surface area contributed by atoms with Crippen molar-refractivity contribution in [2.45, 2.75) is 0 Å². The van der Waals surface area contributed by atoms with Crippen molar-refractivity contribution < 1.29 is 28.9 Å². The molecular weight excluding hydrogens is 372 g/mol. The molecule has 0 saturated carbocycles. The van der Waals surface area contributed by atoms with Crippen LogP contribution in [0.1, 0.15) is 15.9 Å². The lowest BCUT2D eigenvalue weighted by atomic mass is 10.1. The van der Waals surface area contributed by atoms with E-state index in [9.17, 15) is 25.0 Å². The predicted molar refractivity (Wildman–Crippen MR) is 99.2 cm³/mol. The fourth-order valence-corrected chi connectivity index (χ4v) is 2.50. The minimum Gasteiger partial charge on any atom is -0.493 e. The molecule has 0 aromatic heterocycles. The summed E-state index contributed by atoms with van der Waals surface area (Å²) < 4.78 is 15.6. The average molecular weight is 388 g/mol. The minimum absolute atomic E-state index is 0.0448. The molecule has 10 nitrogen and oxygen atoms in total. The van der Waals surface area contributed by atoms with Crippen LogP contribution in [0.25, 0.3) is 6.08 Å². The van der Waals surface area contributed by atoms with Gasteiger partial charge < -0.3 is 14.2 Å². The maximum absolute atomic E-state index is 12.6. The molecular formula is C18H16N2O8. The highest BCUT2D eigenvalue weighted by Gasteiger charge is 2.21. The van der Waals surface area contributed by atoms with Crippen LogP contribution in [0.3, 0.4) is 0 Å². The molecule has 0 fully saturated rings. The number of carbonyl (C=O) groups is 1. The molecule has 0 atom stereocenters. The number of ketones is 1. The fourth-order valence-electron chi connectivity index (χ4n) is 2.50. The Bertz CT molecular complexity index is 968. The molecule has 2 rings (SSSR count). The lowest BCUT2D eigenvalue weighted by Gasteiger charge is -2.14. The van der Waals surface area contributed by atoms with E-state index in [1.54, 1.807) is 0 Å². The number of allylic oxidation sites excluding steroid dienone is 1. The van der Waals surface area contributed by atoms with Crippen LogP contribution < -0.4 is 14.2 Å². The zero-order chi connectivity index (χ0) is 20.8. The van der Waals surface area contributed by atoms with Crippen molar-refractivity contribution in [3.05, 3.63) is 67.8 Å². The zero-order valence-corrected chi connectivity index (χ0v) is 15.2. The highest BCUT2D eigenvalue weighted by Crippen LogP contribution is 2.40. The zero-order valence-electron chi connectivity index (χ0n) is 15.2. The first kappa shape index (κ1) is 20.4. The number of hydrogen-bond donors (Lipinski definition) is 0. The average Bonchev–Trinajstić information content (AvgIpc) is 2.70. The summed E-state index contributed by atoms with van der Waals surface area (Å²) in [7, 11) is 4.19. The van der Waals surface area contributed by atoms with E-state index in [1.165, 1.54) is 45.6 Å². The number of nitro groups is 2. The molecule has 2 aromatic carbocycles. The van der Waals surface area contributed by atoms with Crippen molar-refractivity contribution in [3.63, 3.8) is 0 Å². The molecule has 0 unspecified atom stereocenters. The first-order valence-corrected chi connectivity index (χ1v) is 7.78. The van der Waals surface area contributed by atoms with E-state index in [4.69, 9.17) is 14.2 Å². The van der Waals surface area contributed by atoms with Crippen LogP contribution >= 0.6 is 0 Å². The molecule has 0 heterocycles. The Labute approximate surface area is 159 Å². The van der Waals surface area contributed by atoms with Gasteiger partial charge >= 0.3 is 0 Å². The SMILES string of the molecule is COc1ccc(C(=O)C=Cc2ccc([N+](=O)[O-])cc2[N+](=O)[O-])c(OC)c1OC. The van der Waals surface area contributed by atoms with Crippen LogP contribution in [0.2, 0.25) is 0 Å². The second-order valence-corrected chi connectivity index (χ2v) is 5.34. The standard InChI is InChI=1S/C18H16N2O8/c1-26-16-9-7-13(17(27-2)18(16)28-3)15(21)8-5-11-4-6-12(19(22)23)10-14(11)20(24)25/h4-10H,1-3H3. The maximum atomic E-state index is 12.6. The van der Waals surface area contributed by atoms with Gasteiger partial charge in [-0.2, -0.15) is 0 Å². The Kier molecular flexibility index (Phi) is 6.27. The van der Waals surface area contributed by atoms with Crippen LogP contribution in [0.5, 0.6) is 17.2 Å². The van der Waals surface area contributed by atoms with E-state index >= 15 is 0 Å². The number of rotatable bonds is 8. The summed E-state index contributed by atoms with van der Waals surface area (Å²) in [6.07, 6.45) is 2.32. The molecule has 0 spiro atoms. The van der Waals surface area contributed by atoms with Crippen LogP contribution in [-0.4, -0.2) is 37.0 Å². The summed E-state index contributed by atoms with van der Waals surface area (Å²) in [4.78, 5) is 33.1. The minimum atomic E-state index is -0.756. The van der Waals surface area contributed by atoms with E-state index in [0.29, 0.717) is 5.75 Å². The number of nitrogens with zero attached hydrogens (tertiary/aromatic N) is 2. The monoisotopic (exact) mass is 388 g/mol. The third kappa shape index (κ3) is 4.06. The van der Waals surface area contributed by atoms with Gasteiger partial charge in [0.2, 0.25) is 5.75 Å². The fraction of sp³-hybridized carbons (Fsp3) is 0.167. The highest BCUT2D eigenvalue weighted by atomic mass is 16.6. The molecule has 0 aliphatic carbocycles. The Balaban J connectivity index is 2.44. The molecule has 10 heteroatoms. The largest absolute Gasteiger partial charge is 0.493 e. The highest BCUT2D eigenvalue weighted by molar-refractivity contribution is 6.09. The van der Waals surface area contributed by atoms with Gasteiger partial charge in [-0.3, -0.25) is 25.0 Å². The number of benzene rings is 2. The number of hydrogen-bond acceptors (Lipinski definition) is 8. The molecule has 2 aromatic rings. The van der Waals surface area contributed by atoms with E-state index < -0.39 is 27.0 Å². The molecule has 0 radical (unpaired) electrons. The van der Waals surface area contributed by atoms with Crippen LogP contribution in [0.15, 0.2) is 36.4 Å². The van der Waals surface area contributed by atoms with Crippen LogP contribution in [-0.2, 0) is 0 Å². The van der Waals surface area contributed by atoms with Crippen molar-refractivity contribution >= 4 is 23.2 Å². The van der Waals surface area contributed by atoms with Crippen LogP contribution in [0.4, 0.5) is 11.4 Å². The van der Waals surface area contributed by atoms with Gasteiger partial charge in [0.15, 0.2) is 17.3 Å². The topological polar surface area (TPSA) is 131 Å². The van der Waals surface area contributed by atoms with E-state index in [-0.39, 0.29) is 22.6 Å². The lowest BCUT2D eigenvalue weighted by Crippen LogP contribution is -2.03. The van der Waals surface area contributed by atoms with Crippen molar-refractivity contribution in [2.75, 3.05) is 21.3 Å². The van der Waals surface area contributed by atoms with Crippen molar-refractivity contribution in [1.82, 2.24) is 0 Å². The van der Waals surface area contributed by atoms with E-state index in [0.717, 1.165) is 18.2 Å². The quantitative estimate of drug-likeness (QED) is 0.291. The Morgan fingerprint density at radius 3 is 2.14 bits per heavy atom. The van der Waals surface area contributed by atoms with Gasteiger partial charge in [-0.05, 0) is 30.4 Å². The van der Waals surface area contributed by atoms with Gasteiger partial charge in [0.25, 0.3) is 11.4 Å². The molecule has 0 aliphatic heterocycles. The molecule has 0 bridgehead atoms. The number of methoxy groups -OCH3 is 3. The smallest absolute Gasteiger partial charge is 0.283 e.